The third-order valence-corrected chi connectivity index (χ3v) is 2.81. The lowest BCUT2D eigenvalue weighted by atomic mass is 9.97. The van der Waals surface area contributed by atoms with Gasteiger partial charge >= 0.3 is 0 Å². The van der Waals surface area contributed by atoms with Crippen LogP contribution < -0.4 is 0 Å². The van der Waals surface area contributed by atoms with Crippen LogP contribution in [0.4, 0.5) is 0 Å². The number of hydrogen-bond donors (Lipinski definition) is 0. The SMILES string of the molecule is C=C/C(Cc1ccccc1C)=C(C)\C=C/C. The lowest BCUT2D eigenvalue weighted by molar-refractivity contribution is 1.13. The Morgan fingerprint density at radius 3 is 2.56 bits per heavy atom. The molecule has 0 spiro atoms. The van der Waals surface area contributed by atoms with Gasteiger partial charge in [0.1, 0.15) is 0 Å². The predicted octanol–water partition coefficient (Wildman–Crippen LogP) is 4.62. The molecule has 0 heteroatoms. The summed E-state index contributed by atoms with van der Waals surface area (Å²) in [7, 11) is 0. The predicted molar refractivity (Wildman–Crippen MR) is 72.6 cm³/mol. The summed E-state index contributed by atoms with van der Waals surface area (Å²) in [5, 5.41) is 0. The topological polar surface area (TPSA) is 0 Å². The molecule has 0 unspecified atom stereocenters. The molecule has 0 aromatic heterocycles. The van der Waals surface area contributed by atoms with Gasteiger partial charge in [0.25, 0.3) is 0 Å². The molecule has 0 atom stereocenters. The molecule has 0 aliphatic heterocycles. The Morgan fingerprint density at radius 2 is 2.00 bits per heavy atom. The third kappa shape index (κ3) is 3.23. The Hall–Kier alpha value is -1.56. The van der Waals surface area contributed by atoms with Gasteiger partial charge in [0.15, 0.2) is 0 Å². The van der Waals surface area contributed by atoms with Crippen LogP contribution >= 0.6 is 0 Å². The molecule has 0 aliphatic carbocycles. The first-order chi connectivity index (χ1) is 7.69. The van der Waals surface area contributed by atoms with Gasteiger partial charge in [-0.3, -0.25) is 0 Å². The summed E-state index contributed by atoms with van der Waals surface area (Å²) < 4.78 is 0. The van der Waals surface area contributed by atoms with Crippen LogP contribution in [0, 0.1) is 6.92 Å². The number of hydrogen-bond acceptors (Lipinski definition) is 0. The molecule has 0 amide bonds. The van der Waals surface area contributed by atoms with Crippen molar-refractivity contribution in [2.75, 3.05) is 0 Å². The van der Waals surface area contributed by atoms with E-state index in [0.717, 1.165) is 6.42 Å². The Balaban J connectivity index is 2.99. The molecule has 0 saturated heterocycles. The molecule has 84 valence electrons. The fourth-order valence-electron chi connectivity index (χ4n) is 1.74. The molecular formula is C16H20. The van der Waals surface area contributed by atoms with Gasteiger partial charge in [-0.05, 0) is 49.5 Å². The summed E-state index contributed by atoms with van der Waals surface area (Å²) in [5.74, 6) is 0. The van der Waals surface area contributed by atoms with Gasteiger partial charge in [0.05, 0.1) is 0 Å². The van der Waals surface area contributed by atoms with E-state index >= 15 is 0 Å². The van der Waals surface area contributed by atoms with Crippen molar-refractivity contribution in [3.05, 3.63) is 71.3 Å². The van der Waals surface area contributed by atoms with E-state index in [4.69, 9.17) is 0 Å². The maximum Gasteiger partial charge on any atom is -0.00207 e. The minimum absolute atomic E-state index is 0.965. The zero-order valence-corrected chi connectivity index (χ0v) is 10.5. The molecule has 0 radical (unpaired) electrons. The van der Waals surface area contributed by atoms with Gasteiger partial charge in [-0.1, -0.05) is 49.1 Å². The van der Waals surface area contributed by atoms with Crippen molar-refractivity contribution >= 4 is 0 Å². The second-order valence-corrected chi connectivity index (χ2v) is 4.02. The van der Waals surface area contributed by atoms with Crippen LogP contribution in [0.3, 0.4) is 0 Å². The fraction of sp³-hybridized carbons (Fsp3) is 0.250. The van der Waals surface area contributed by atoms with Gasteiger partial charge in [-0.15, -0.1) is 0 Å². The zero-order valence-electron chi connectivity index (χ0n) is 10.5. The lowest BCUT2D eigenvalue weighted by Gasteiger charge is -2.08. The molecule has 0 aliphatic rings. The van der Waals surface area contributed by atoms with Crippen LogP contribution in [-0.2, 0) is 6.42 Å². The quantitative estimate of drug-likeness (QED) is 0.639. The maximum absolute atomic E-state index is 3.90. The molecule has 16 heavy (non-hydrogen) atoms. The summed E-state index contributed by atoms with van der Waals surface area (Å²) in [6.07, 6.45) is 7.13. The van der Waals surface area contributed by atoms with Crippen molar-refractivity contribution in [3.63, 3.8) is 0 Å². The van der Waals surface area contributed by atoms with E-state index in [9.17, 15) is 0 Å². The first-order valence-corrected chi connectivity index (χ1v) is 5.68. The molecule has 1 aromatic carbocycles. The van der Waals surface area contributed by atoms with E-state index in [1.165, 1.54) is 22.3 Å². The van der Waals surface area contributed by atoms with Gasteiger partial charge in [-0.25, -0.2) is 0 Å². The van der Waals surface area contributed by atoms with E-state index in [1.807, 2.05) is 13.0 Å². The van der Waals surface area contributed by atoms with Gasteiger partial charge in [-0.2, -0.15) is 0 Å². The van der Waals surface area contributed by atoms with E-state index in [1.54, 1.807) is 0 Å². The Kier molecular flexibility index (Phi) is 4.78. The third-order valence-electron chi connectivity index (χ3n) is 2.81. The summed E-state index contributed by atoms with van der Waals surface area (Å²) in [6.45, 7) is 10.2. The van der Waals surface area contributed by atoms with Crippen LogP contribution in [0.2, 0.25) is 0 Å². The van der Waals surface area contributed by atoms with Gasteiger partial charge in [0, 0.05) is 0 Å². The fourth-order valence-corrected chi connectivity index (χ4v) is 1.74. The summed E-state index contributed by atoms with van der Waals surface area (Å²) in [4.78, 5) is 0. The average molecular weight is 212 g/mol. The van der Waals surface area contributed by atoms with Crippen molar-refractivity contribution in [1.29, 1.82) is 0 Å². The molecule has 0 nitrogen and oxygen atoms in total. The monoisotopic (exact) mass is 212 g/mol. The standard InChI is InChI=1S/C16H20/c1-5-9-13(3)15(6-2)12-16-11-8-7-10-14(16)4/h5-11H,2,12H2,1,3-4H3/b9-5-,15-13+. The van der Waals surface area contributed by atoms with Crippen LogP contribution in [0.5, 0.6) is 0 Å². The van der Waals surface area contributed by atoms with Crippen LogP contribution in [0.25, 0.3) is 0 Å². The second-order valence-electron chi connectivity index (χ2n) is 4.02. The lowest BCUT2D eigenvalue weighted by Crippen LogP contribution is -1.93. The second kappa shape index (κ2) is 6.12. The normalized spacial score (nSPS) is 12.7. The molecule has 0 heterocycles. The number of aryl methyl sites for hydroxylation is 1. The summed E-state index contributed by atoms with van der Waals surface area (Å²) in [5.41, 5.74) is 5.31. The minimum Gasteiger partial charge on any atom is -0.0988 e. The maximum atomic E-state index is 3.90. The molecular weight excluding hydrogens is 192 g/mol. The van der Waals surface area contributed by atoms with Crippen molar-refractivity contribution in [2.45, 2.75) is 27.2 Å². The Bertz CT molecular complexity index is 419. The molecule has 0 N–H and O–H groups in total. The van der Waals surface area contributed by atoms with Crippen LogP contribution in [0.1, 0.15) is 25.0 Å². The molecule has 1 rings (SSSR count). The van der Waals surface area contributed by atoms with Crippen molar-refractivity contribution in [2.24, 2.45) is 0 Å². The van der Waals surface area contributed by atoms with E-state index in [0.29, 0.717) is 0 Å². The van der Waals surface area contributed by atoms with E-state index in [2.05, 4.69) is 56.8 Å². The van der Waals surface area contributed by atoms with Crippen LogP contribution in [-0.4, -0.2) is 0 Å². The number of allylic oxidation sites excluding steroid dienone is 5. The largest absolute Gasteiger partial charge is 0.0988 e. The van der Waals surface area contributed by atoms with Gasteiger partial charge < -0.3 is 0 Å². The highest BCUT2D eigenvalue weighted by Crippen LogP contribution is 2.17. The molecule has 0 fully saturated rings. The highest BCUT2D eigenvalue weighted by Gasteiger charge is 2.01. The average Bonchev–Trinajstić information content (AvgIpc) is 2.28. The minimum atomic E-state index is 0.965. The Labute approximate surface area is 99.0 Å². The molecule has 0 saturated carbocycles. The Morgan fingerprint density at radius 1 is 1.31 bits per heavy atom. The van der Waals surface area contributed by atoms with E-state index < -0.39 is 0 Å². The first kappa shape index (κ1) is 12.5. The summed E-state index contributed by atoms with van der Waals surface area (Å²) in [6, 6.07) is 8.51. The van der Waals surface area contributed by atoms with Crippen molar-refractivity contribution in [3.8, 4) is 0 Å². The number of benzene rings is 1. The van der Waals surface area contributed by atoms with Crippen molar-refractivity contribution in [1.82, 2.24) is 0 Å². The zero-order chi connectivity index (χ0) is 12.0. The molecule has 1 aromatic rings. The van der Waals surface area contributed by atoms with E-state index in [-0.39, 0.29) is 0 Å². The highest BCUT2D eigenvalue weighted by molar-refractivity contribution is 5.38. The van der Waals surface area contributed by atoms with Crippen molar-refractivity contribution < 1.29 is 0 Å². The number of rotatable bonds is 4. The first-order valence-electron chi connectivity index (χ1n) is 5.68. The van der Waals surface area contributed by atoms with Crippen LogP contribution in [0.15, 0.2) is 60.2 Å². The highest BCUT2D eigenvalue weighted by atomic mass is 14.1. The van der Waals surface area contributed by atoms with Gasteiger partial charge in [0.2, 0.25) is 0 Å². The summed E-state index contributed by atoms with van der Waals surface area (Å²) >= 11 is 0. The smallest absolute Gasteiger partial charge is 0.00207 e. The molecule has 0 bridgehead atoms.